The van der Waals surface area contributed by atoms with Gasteiger partial charge in [0.15, 0.2) is 0 Å². The number of hydrogen-bond acceptors (Lipinski definition) is 4. The third-order valence-corrected chi connectivity index (χ3v) is 5.59. The van der Waals surface area contributed by atoms with Crippen LogP contribution in [0.25, 0.3) is 10.9 Å². The van der Waals surface area contributed by atoms with Gasteiger partial charge in [-0.25, -0.2) is 0 Å². The first kappa shape index (κ1) is 19.6. The molecule has 0 saturated heterocycles. The number of benzene rings is 2. The summed E-state index contributed by atoms with van der Waals surface area (Å²) in [4.78, 5) is 24.7. The summed E-state index contributed by atoms with van der Waals surface area (Å²) in [5.41, 5.74) is 2.60. The lowest BCUT2D eigenvalue weighted by Crippen LogP contribution is -2.15. The van der Waals surface area contributed by atoms with Gasteiger partial charge in [-0.1, -0.05) is 34.1 Å². The molecule has 0 aliphatic heterocycles. The molecule has 1 heterocycles. The number of halogens is 1. The van der Waals surface area contributed by atoms with Gasteiger partial charge in [-0.05, 0) is 49.4 Å². The summed E-state index contributed by atoms with van der Waals surface area (Å²) in [6.07, 6.45) is 4.65. The van der Waals surface area contributed by atoms with Crippen molar-refractivity contribution in [3.63, 3.8) is 0 Å². The van der Waals surface area contributed by atoms with Crippen LogP contribution in [0.3, 0.4) is 0 Å². The minimum Gasteiger partial charge on any atom is -0.466 e. The SMILES string of the molecule is CCOC(=O)Cc1ccccc1NC(=O)c1cc(Br)c2cn(CC3CC3)nc2c1. The molecule has 0 radical (unpaired) electrons. The van der Waals surface area contributed by atoms with E-state index in [1.165, 1.54) is 12.8 Å². The molecular formula is C22H22BrN3O3. The number of fused-ring (bicyclic) bond motifs is 1. The van der Waals surface area contributed by atoms with E-state index in [4.69, 9.17) is 4.74 Å². The number of hydrogen-bond donors (Lipinski definition) is 1. The van der Waals surface area contributed by atoms with E-state index in [0.29, 0.717) is 23.4 Å². The van der Waals surface area contributed by atoms with Gasteiger partial charge in [0.05, 0.1) is 18.5 Å². The predicted molar refractivity (Wildman–Crippen MR) is 115 cm³/mol. The minimum atomic E-state index is -0.320. The Bertz CT molecular complexity index is 1070. The van der Waals surface area contributed by atoms with E-state index in [1.807, 2.05) is 29.1 Å². The van der Waals surface area contributed by atoms with Crippen molar-refractivity contribution in [2.24, 2.45) is 5.92 Å². The molecule has 1 aromatic heterocycles. The highest BCUT2D eigenvalue weighted by Gasteiger charge is 2.22. The number of rotatable bonds is 7. The van der Waals surface area contributed by atoms with Crippen molar-refractivity contribution in [1.82, 2.24) is 9.78 Å². The number of esters is 1. The van der Waals surface area contributed by atoms with Crippen LogP contribution in [-0.4, -0.2) is 28.3 Å². The van der Waals surface area contributed by atoms with E-state index in [9.17, 15) is 9.59 Å². The summed E-state index contributed by atoms with van der Waals surface area (Å²) >= 11 is 3.57. The van der Waals surface area contributed by atoms with E-state index >= 15 is 0 Å². The second-order valence-corrected chi connectivity index (χ2v) is 8.13. The van der Waals surface area contributed by atoms with Gasteiger partial charge < -0.3 is 10.1 Å². The lowest BCUT2D eigenvalue weighted by Gasteiger charge is -2.11. The van der Waals surface area contributed by atoms with E-state index in [-0.39, 0.29) is 18.3 Å². The molecule has 7 heteroatoms. The van der Waals surface area contributed by atoms with E-state index in [2.05, 4.69) is 26.3 Å². The molecule has 1 fully saturated rings. The average molecular weight is 456 g/mol. The van der Waals surface area contributed by atoms with Crippen LogP contribution in [0.4, 0.5) is 5.69 Å². The third-order valence-electron chi connectivity index (χ3n) is 4.93. The lowest BCUT2D eigenvalue weighted by atomic mass is 10.1. The average Bonchev–Trinajstić information content (AvgIpc) is 3.40. The molecule has 1 aliphatic carbocycles. The van der Waals surface area contributed by atoms with Crippen molar-refractivity contribution in [1.29, 1.82) is 0 Å². The number of carbonyl (C=O) groups excluding carboxylic acids is 2. The van der Waals surface area contributed by atoms with Crippen LogP contribution in [0, 0.1) is 5.92 Å². The van der Waals surface area contributed by atoms with Crippen LogP contribution in [0.1, 0.15) is 35.7 Å². The van der Waals surface area contributed by atoms with E-state index in [0.717, 1.165) is 27.8 Å². The van der Waals surface area contributed by atoms with E-state index in [1.54, 1.807) is 25.1 Å². The zero-order valence-electron chi connectivity index (χ0n) is 16.2. The zero-order valence-corrected chi connectivity index (χ0v) is 17.7. The predicted octanol–water partition coefficient (Wildman–Crippen LogP) is 4.57. The lowest BCUT2D eigenvalue weighted by molar-refractivity contribution is -0.142. The molecule has 0 spiro atoms. The van der Waals surface area contributed by atoms with Crippen LogP contribution in [0.5, 0.6) is 0 Å². The van der Waals surface area contributed by atoms with Crippen LogP contribution in [-0.2, 0) is 22.5 Å². The number of amides is 1. The normalized spacial score (nSPS) is 13.4. The molecule has 0 unspecified atom stereocenters. The number of para-hydroxylation sites is 1. The Hall–Kier alpha value is -2.67. The number of aromatic nitrogens is 2. The van der Waals surface area contributed by atoms with Crippen LogP contribution in [0.15, 0.2) is 47.1 Å². The largest absolute Gasteiger partial charge is 0.466 e. The molecule has 150 valence electrons. The minimum absolute atomic E-state index is 0.110. The molecule has 4 rings (SSSR count). The Morgan fingerprint density at radius 1 is 1.28 bits per heavy atom. The molecule has 29 heavy (non-hydrogen) atoms. The van der Waals surface area contributed by atoms with Gasteiger partial charge in [0.25, 0.3) is 5.91 Å². The molecule has 1 N–H and O–H groups in total. The first-order chi connectivity index (χ1) is 14.0. The molecule has 0 atom stereocenters. The van der Waals surface area contributed by atoms with Crippen LogP contribution < -0.4 is 5.32 Å². The molecule has 0 bridgehead atoms. The zero-order chi connectivity index (χ0) is 20.4. The van der Waals surface area contributed by atoms with Crippen molar-refractivity contribution in [3.05, 3.63) is 58.2 Å². The second kappa shape index (κ2) is 8.37. The Labute approximate surface area is 177 Å². The van der Waals surface area contributed by atoms with Gasteiger partial charge in [-0.2, -0.15) is 5.10 Å². The fourth-order valence-corrected chi connectivity index (χ4v) is 3.83. The Morgan fingerprint density at radius 2 is 2.07 bits per heavy atom. The quantitative estimate of drug-likeness (QED) is 0.529. The third kappa shape index (κ3) is 4.67. The summed E-state index contributed by atoms with van der Waals surface area (Å²) in [6, 6.07) is 10.8. The molecular weight excluding hydrogens is 434 g/mol. The first-order valence-electron chi connectivity index (χ1n) is 9.75. The van der Waals surface area contributed by atoms with Gasteiger partial charge in [-0.3, -0.25) is 14.3 Å². The highest BCUT2D eigenvalue weighted by atomic mass is 79.9. The van der Waals surface area contributed by atoms with Gasteiger partial charge in [0.2, 0.25) is 0 Å². The van der Waals surface area contributed by atoms with E-state index < -0.39 is 0 Å². The number of ether oxygens (including phenoxy) is 1. The molecule has 1 saturated carbocycles. The van der Waals surface area contributed by atoms with Crippen molar-refractivity contribution in [3.8, 4) is 0 Å². The first-order valence-corrected chi connectivity index (χ1v) is 10.5. The summed E-state index contributed by atoms with van der Waals surface area (Å²) < 4.78 is 7.82. The molecule has 3 aromatic rings. The Balaban J connectivity index is 1.55. The number of nitrogens with one attached hydrogen (secondary N) is 1. The second-order valence-electron chi connectivity index (χ2n) is 7.28. The van der Waals surface area contributed by atoms with Crippen molar-refractivity contribution >= 4 is 44.4 Å². The van der Waals surface area contributed by atoms with Gasteiger partial charge in [-0.15, -0.1) is 0 Å². The standard InChI is InChI=1S/C22H22BrN3O3/c1-2-29-21(27)11-15-5-3-4-6-19(15)24-22(28)16-9-18(23)17-13-26(12-14-7-8-14)25-20(17)10-16/h3-6,9-10,13-14H,2,7-8,11-12H2,1H3,(H,24,28). The maximum absolute atomic E-state index is 12.9. The number of carbonyl (C=O) groups is 2. The van der Waals surface area contributed by atoms with Crippen molar-refractivity contribution in [2.45, 2.75) is 32.7 Å². The van der Waals surface area contributed by atoms with Gasteiger partial charge in [0.1, 0.15) is 0 Å². The van der Waals surface area contributed by atoms with Gasteiger partial charge >= 0.3 is 5.97 Å². The number of nitrogens with zero attached hydrogens (tertiary/aromatic N) is 2. The monoisotopic (exact) mass is 455 g/mol. The highest BCUT2D eigenvalue weighted by molar-refractivity contribution is 9.10. The maximum Gasteiger partial charge on any atom is 0.310 e. The maximum atomic E-state index is 12.9. The fraction of sp³-hybridized carbons (Fsp3) is 0.318. The number of anilines is 1. The molecule has 1 aliphatic rings. The topological polar surface area (TPSA) is 73.2 Å². The van der Waals surface area contributed by atoms with Crippen LogP contribution in [0.2, 0.25) is 0 Å². The summed E-state index contributed by atoms with van der Waals surface area (Å²) in [5.74, 6) is 0.155. The summed E-state index contributed by atoms with van der Waals surface area (Å²) in [6.45, 7) is 3.02. The summed E-state index contributed by atoms with van der Waals surface area (Å²) in [5, 5.41) is 8.53. The van der Waals surface area contributed by atoms with Gasteiger partial charge in [0, 0.05) is 33.9 Å². The van der Waals surface area contributed by atoms with Crippen molar-refractivity contribution < 1.29 is 14.3 Å². The summed E-state index contributed by atoms with van der Waals surface area (Å²) in [7, 11) is 0. The molecule has 6 nitrogen and oxygen atoms in total. The molecule has 2 aromatic carbocycles. The highest BCUT2D eigenvalue weighted by Crippen LogP contribution is 2.32. The van der Waals surface area contributed by atoms with Crippen LogP contribution >= 0.6 is 15.9 Å². The fourth-order valence-electron chi connectivity index (χ4n) is 3.28. The Kier molecular flexibility index (Phi) is 5.67. The Morgan fingerprint density at radius 3 is 2.83 bits per heavy atom. The smallest absolute Gasteiger partial charge is 0.310 e. The molecule has 1 amide bonds. The van der Waals surface area contributed by atoms with Crippen molar-refractivity contribution in [2.75, 3.05) is 11.9 Å².